The standard InChI is InChI=1S/C25H23ClF2/c1-2-3-4-5-6-16-7-9-20-18(11-16)12-19-13-22(24(27)15-21(19)20)17-8-10-23(26)25(28)14-17/h7-11,13-15H,2-6,12H2,1H3. The van der Waals surface area contributed by atoms with Crippen molar-refractivity contribution >= 4 is 11.6 Å². The lowest BCUT2D eigenvalue weighted by atomic mass is 9.98. The van der Waals surface area contributed by atoms with E-state index in [4.69, 9.17) is 11.6 Å². The van der Waals surface area contributed by atoms with Crippen LogP contribution in [-0.2, 0) is 12.8 Å². The highest BCUT2D eigenvalue weighted by atomic mass is 35.5. The fraction of sp³-hybridized carbons (Fsp3) is 0.280. The highest BCUT2D eigenvalue weighted by Crippen LogP contribution is 2.40. The summed E-state index contributed by atoms with van der Waals surface area (Å²) in [6.45, 7) is 2.22. The summed E-state index contributed by atoms with van der Waals surface area (Å²) < 4.78 is 28.6. The summed E-state index contributed by atoms with van der Waals surface area (Å²) in [5, 5.41) is 0.0455. The van der Waals surface area contributed by atoms with Gasteiger partial charge in [-0.2, -0.15) is 0 Å². The summed E-state index contributed by atoms with van der Waals surface area (Å²) in [6.07, 6.45) is 6.87. The number of benzene rings is 3. The van der Waals surface area contributed by atoms with Crippen molar-refractivity contribution in [2.45, 2.75) is 45.4 Å². The molecule has 0 N–H and O–H groups in total. The Morgan fingerprint density at radius 1 is 0.786 bits per heavy atom. The molecule has 0 fully saturated rings. The van der Waals surface area contributed by atoms with Crippen LogP contribution < -0.4 is 0 Å². The highest BCUT2D eigenvalue weighted by molar-refractivity contribution is 6.30. The molecule has 0 atom stereocenters. The summed E-state index contributed by atoms with van der Waals surface area (Å²) >= 11 is 5.76. The van der Waals surface area contributed by atoms with Crippen molar-refractivity contribution in [2.24, 2.45) is 0 Å². The summed E-state index contributed by atoms with van der Waals surface area (Å²) in [6, 6.07) is 14.4. The molecule has 0 bridgehead atoms. The topological polar surface area (TPSA) is 0 Å². The first-order valence-corrected chi connectivity index (χ1v) is 10.3. The third-order valence-corrected chi connectivity index (χ3v) is 5.89. The van der Waals surface area contributed by atoms with Gasteiger partial charge in [0.25, 0.3) is 0 Å². The molecule has 1 aliphatic rings. The molecule has 1 aliphatic carbocycles. The van der Waals surface area contributed by atoms with Crippen LogP contribution in [-0.4, -0.2) is 0 Å². The number of aryl methyl sites for hydroxylation is 1. The Hall–Kier alpha value is -2.19. The minimum absolute atomic E-state index is 0.0455. The molecule has 0 unspecified atom stereocenters. The Morgan fingerprint density at radius 3 is 2.39 bits per heavy atom. The van der Waals surface area contributed by atoms with E-state index < -0.39 is 5.82 Å². The maximum atomic E-state index is 14.8. The fourth-order valence-electron chi connectivity index (χ4n) is 4.07. The third kappa shape index (κ3) is 3.71. The van der Waals surface area contributed by atoms with E-state index in [-0.39, 0.29) is 10.8 Å². The van der Waals surface area contributed by atoms with Crippen LogP contribution in [0.25, 0.3) is 22.3 Å². The van der Waals surface area contributed by atoms with Crippen LogP contribution in [0, 0.1) is 11.6 Å². The minimum atomic E-state index is -0.532. The van der Waals surface area contributed by atoms with Crippen molar-refractivity contribution in [3.8, 4) is 22.3 Å². The maximum absolute atomic E-state index is 14.8. The first-order valence-electron chi connectivity index (χ1n) is 9.97. The van der Waals surface area contributed by atoms with Gasteiger partial charge in [0.2, 0.25) is 0 Å². The van der Waals surface area contributed by atoms with Crippen LogP contribution in [0.1, 0.15) is 49.3 Å². The largest absolute Gasteiger partial charge is 0.206 e. The van der Waals surface area contributed by atoms with Gasteiger partial charge in [-0.25, -0.2) is 8.78 Å². The second-order valence-electron chi connectivity index (χ2n) is 7.60. The second-order valence-corrected chi connectivity index (χ2v) is 8.00. The lowest BCUT2D eigenvalue weighted by molar-refractivity contribution is 0.625. The average Bonchev–Trinajstić information content (AvgIpc) is 3.03. The average molecular weight is 397 g/mol. The van der Waals surface area contributed by atoms with Gasteiger partial charge in [-0.1, -0.05) is 62.1 Å². The summed E-state index contributed by atoms with van der Waals surface area (Å²) in [5.74, 6) is -0.868. The SMILES string of the molecule is CCCCCCc1ccc2c(c1)Cc1cc(-c3ccc(Cl)c(F)c3)c(F)cc1-2. The van der Waals surface area contributed by atoms with Gasteiger partial charge in [0, 0.05) is 5.56 Å². The Bertz CT molecular complexity index is 1020. The number of unbranched alkanes of at least 4 members (excludes halogenated alkanes) is 3. The van der Waals surface area contributed by atoms with Gasteiger partial charge in [0.1, 0.15) is 11.6 Å². The fourth-order valence-corrected chi connectivity index (χ4v) is 4.19. The normalized spacial score (nSPS) is 12.1. The molecule has 0 amide bonds. The first-order chi connectivity index (χ1) is 13.6. The molecule has 144 valence electrons. The van der Waals surface area contributed by atoms with Crippen molar-refractivity contribution in [3.05, 3.63) is 81.9 Å². The van der Waals surface area contributed by atoms with Crippen LogP contribution in [0.15, 0.2) is 48.5 Å². The Morgan fingerprint density at radius 2 is 1.61 bits per heavy atom. The molecule has 0 radical (unpaired) electrons. The number of fused-ring (bicyclic) bond motifs is 3. The van der Waals surface area contributed by atoms with E-state index in [1.807, 2.05) is 6.07 Å². The van der Waals surface area contributed by atoms with E-state index in [0.717, 1.165) is 29.5 Å². The molecule has 0 aliphatic heterocycles. The van der Waals surface area contributed by atoms with Crippen LogP contribution in [0.4, 0.5) is 8.78 Å². The van der Waals surface area contributed by atoms with Gasteiger partial charge < -0.3 is 0 Å². The van der Waals surface area contributed by atoms with Crippen molar-refractivity contribution in [1.82, 2.24) is 0 Å². The van der Waals surface area contributed by atoms with Crippen molar-refractivity contribution in [2.75, 3.05) is 0 Å². The molecular formula is C25H23ClF2. The van der Waals surface area contributed by atoms with E-state index in [0.29, 0.717) is 11.1 Å². The number of rotatable bonds is 6. The van der Waals surface area contributed by atoms with Gasteiger partial charge in [-0.05, 0) is 76.9 Å². The molecule has 4 rings (SSSR count). The zero-order valence-corrected chi connectivity index (χ0v) is 16.8. The van der Waals surface area contributed by atoms with Gasteiger partial charge in [0.05, 0.1) is 5.02 Å². The monoisotopic (exact) mass is 396 g/mol. The van der Waals surface area contributed by atoms with E-state index in [1.165, 1.54) is 48.9 Å². The van der Waals surface area contributed by atoms with Crippen molar-refractivity contribution in [1.29, 1.82) is 0 Å². The lowest BCUT2D eigenvalue weighted by Crippen LogP contribution is -1.90. The molecule has 0 aromatic heterocycles. The molecule has 0 nitrogen and oxygen atoms in total. The molecule has 0 heterocycles. The zero-order valence-electron chi connectivity index (χ0n) is 16.0. The number of halogens is 3. The minimum Gasteiger partial charge on any atom is -0.206 e. The van der Waals surface area contributed by atoms with E-state index >= 15 is 0 Å². The summed E-state index contributed by atoms with van der Waals surface area (Å²) in [7, 11) is 0. The highest BCUT2D eigenvalue weighted by Gasteiger charge is 2.22. The molecule has 3 heteroatoms. The van der Waals surface area contributed by atoms with Crippen LogP contribution in [0.3, 0.4) is 0 Å². The van der Waals surface area contributed by atoms with Gasteiger partial charge in [0.15, 0.2) is 0 Å². The van der Waals surface area contributed by atoms with Crippen LogP contribution in [0.5, 0.6) is 0 Å². The van der Waals surface area contributed by atoms with Crippen molar-refractivity contribution < 1.29 is 8.78 Å². The number of hydrogen-bond donors (Lipinski definition) is 0. The first kappa shape index (κ1) is 19.1. The third-order valence-electron chi connectivity index (χ3n) is 5.58. The Balaban J connectivity index is 1.62. The van der Waals surface area contributed by atoms with Crippen molar-refractivity contribution in [3.63, 3.8) is 0 Å². The second kappa shape index (κ2) is 8.05. The molecule has 3 aromatic carbocycles. The number of hydrogen-bond acceptors (Lipinski definition) is 0. The predicted octanol–water partition coefficient (Wildman–Crippen LogP) is 7.98. The van der Waals surface area contributed by atoms with Gasteiger partial charge in [-0.15, -0.1) is 0 Å². The van der Waals surface area contributed by atoms with E-state index in [2.05, 4.69) is 25.1 Å². The Labute approximate surface area is 170 Å². The molecule has 28 heavy (non-hydrogen) atoms. The molecule has 0 spiro atoms. The molecule has 0 saturated carbocycles. The predicted molar refractivity (Wildman–Crippen MR) is 113 cm³/mol. The summed E-state index contributed by atoms with van der Waals surface area (Å²) in [4.78, 5) is 0. The molecular weight excluding hydrogens is 374 g/mol. The lowest BCUT2D eigenvalue weighted by Gasteiger charge is -2.09. The maximum Gasteiger partial charge on any atom is 0.142 e. The quantitative estimate of drug-likeness (QED) is 0.290. The zero-order chi connectivity index (χ0) is 19.7. The molecule has 0 saturated heterocycles. The van der Waals surface area contributed by atoms with Gasteiger partial charge in [-0.3, -0.25) is 0 Å². The van der Waals surface area contributed by atoms with Crippen LogP contribution in [0.2, 0.25) is 5.02 Å². The summed E-state index contributed by atoms with van der Waals surface area (Å²) in [5.41, 5.74) is 6.68. The smallest absolute Gasteiger partial charge is 0.142 e. The van der Waals surface area contributed by atoms with E-state index in [9.17, 15) is 8.78 Å². The van der Waals surface area contributed by atoms with Gasteiger partial charge >= 0.3 is 0 Å². The molecule has 3 aromatic rings. The van der Waals surface area contributed by atoms with E-state index in [1.54, 1.807) is 12.1 Å². The van der Waals surface area contributed by atoms with Crippen LogP contribution >= 0.6 is 11.6 Å². The Kier molecular flexibility index (Phi) is 5.50.